The van der Waals surface area contributed by atoms with Crippen molar-refractivity contribution in [1.82, 2.24) is 19.6 Å². The van der Waals surface area contributed by atoms with Gasteiger partial charge in [0.1, 0.15) is 0 Å². The lowest BCUT2D eigenvalue weighted by Crippen LogP contribution is -2.52. The molecule has 3 aliphatic rings. The van der Waals surface area contributed by atoms with Gasteiger partial charge in [-0.2, -0.15) is 13.2 Å². The quantitative estimate of drug-likeness (QED) is 0.393. The van der Waals surface area contributed by atoms with Crippen LogP contribution < -0.4 is 10.6 Å². The van der Waals surface area contributed by atoms with Crippen LogP contribution in [0.15, 0.2) is 22.9 Å². The zero-order valence-electron chi connectivity index (χ0n) is 26.2. The van der Waals surface area contributed by atoms with Crippen molar-refractivity contribution in [2.24, 2.45) is 0 Å². The number of anilines is 2. The van der Waals surface area contributed by atoms with Gasteiger partial charge in [-0.15, -0.1) is 11.3 Å². The Hall–Kier alpha value is -3.23. The minimum absolute atomic E-state index is 0.0687. The van der Waals surface area contributed by atoms with Gasteiger partial charge in [-0.25, -0.2) is 9.59 Å². The number of fused-ring (bicyclic) bond motifs is 1. The minimum atomic E-state index is -4.69. The Bertz CT molecular complexity index is 1420. The van der Waals surface area contributed by atoms with E-state index in [1.807, 2.05) is 29.8 Å². The van der Waals surface area contributed by atoms with Crippen LogP contribution in [0.5, 0.6) is 0 Å². The van der Waals surface area contributed by atoms with Gasteiger partial charge in [0.05, 0.1) is 22.0 Å². The Morgan fingerprint density at radius 1 is 1.09 bits per heavy atom. The molecular weight excluding hydrogens is 645 g/mol. The van der Waals surface area contributed by atoms with E-state index >= 15 is 0 Å². The fourth-order valence-corrected chi connectivity index (χ4v) is 7.68. The van der Waals surface area contributed by atoms with Gasteiger partial charge < -0.3 is 35.0 Å². The molecule has 0 unspecified atom stereocenters. The average molecular weight is 685 g/mol. The first kappa shape index (κ1) is 34.1. The predicted octanol–water partition coefficient (Wildman–Crippen LogP) is 5.62. The van der Waals surface area contributed by atoms with E-state index in [0.29, 0.717) is 51.6 Å². The van der Waals surface area contributed by atoms with E-state index in [2.05, 4.69) is 15.5 Å². The van der Waals surface area contributed by atoms with E-state index in [-0.39, 0.29) is 34.8 Å². The number of nitrogens with zero attached hydrogens (tertiary/aromatic N) is 4. The predicted molar refractivity (Wildman–Crippen MR) is 172 cm³/mol. The maximum absolute atomic E-state index is 13.9. The lowest BCUT2D eigenvalue weighted by Gasteiger charge is -2.39. The number of likely N-dealkylation sites (tertiary alicyclic amines) is 2. The summed E-state index contributed by atoms with van der Waals surface area (Å²) >= 11 is 7.78. The minimum Gasteiger partial charge on any atom is -0.436 e. The summed E-state index contributed by atoms with van der Waals surface area (Å²) in [5, 5.41) is 9.28. The number of benzene rings is 1. The molecule has 2 N–H and O–H groups in total. The van der Waals surface area contributed by atoms with E-state index in [9.17, 15) is 27.6 Å². The molecular formula is C31H40ClF3N6O4S. The number of carbonyl (C=O) groups is 3. The third kappa shape index (κ3) is 7.66. The first-order chi connectivity index (χ1) is 21.8. The third-order valence-electron chi connectivity index (χ3n) is 9.18. The maximum atomic E-state index is 13.9. The molecule has 0 aliphatic carbocycles. The third-order valence-corrected chi connectivity index (χ3v) is 10.3. The zero-order valence-corrected chi connectivity index (χ0v) is 27.7. The van der Waals surface area contributed by atoms with Crippen molar-refractivity contribution >= 4 is 52.3 Å². The fourth-order valence-electron chi connectivity index (χ4n) is 6.52. The number of alkyl halides is 3. The second kappa shape index (κ2) is 14.3. The second-order valence-corrected chi connectivity index (χ2v) is 13.4. The van der Waals surface area contributed by atoms with Crippen LogP contribution in [0.4, 0.5) is 34.1 Å². The number of carbonyl (C=O) groups excluding carboxylic acids is 3. The Balaban J connectivity index is 1.28. The summed E-state index contributed by atoms with van der Waals surface area (Å²) in [4.78, 5) is 47.2. The number of hydrogen-bond donors (Lipinski definition) is 2. The molecule has 3 aliphatic heterocycles. The topological polar surface area (TPSA) is 97.5 Å². The summed E-state index contributed by atoms with van der Waals surface area (Å²) in [7, 11) is 5.31. The molecule has 0 bridgehead atoms. The first-order valence-electron chi connectivity index (χ1n) is 15.5. The van der Waals surface area contributed by atoms with Gasteiger partial charge in [0.25, 0.3) is 5.91 Å². The van der Waals surface area contributed by atoms with Crippen molar-refractivity contribution in [3.63, 3.8) is 0 Å². The molecule has 4 amide bonds. The molecule has 0 saturated carbocycles. The molecule has 1 atom stereocenters. The molecule has 252 valence electrons. The summed E-state index contributed by atoms with van der Waals surface area (Å²) in [6.45, 7) is 2.08. The highest BCUT2D eigenvalue weighted by Crippen LogP contribution is 2.40. The molecule has 46 heavy (non-hydrogen) atoms. The number of hydrogen-bond acceptors (Lipinski definition) is 7. The van der Waals surface area contributed by atoms with E-state index < -0.39 is 29.8 Å². The largest absolute Gasteiger partial charge is 0.436 e. The Labute approximate surface area is 275 Å². The SMILES string of the molecule is CNc1c(Cl)cc(C[C@@H](OC(=O)N2CCC(N3CCc4cscc4NC3=O)CC2)C(=O)N2CCC(N(C)C)CC2)cc1C(F)(F)F. The summed E-state index contributed by atoms with van der Waals surface area (Å²) < 4.78 is 47.5. The van der Waals surface area contributed by atoms with Gasteiger partial charge in [-0.3, -0.25) is 4.79 Å². The van der Waals surface area contributed by atoms with Gasteiger partial charge >= 0.3 is 18.3 Å². The van der Waals surface area contributed by atoms with Crippen LogP contribution in [0.2, 0.25) is 5.02 Å². The standard InChI is InChI=1S/C31H40ClF3N6O4S/c1-36-27-23(31(33,34)35)14-19(15-24(27)32)16-26(28(42)39-9-5-21(6-10-39)38(2)3)45-30(44)40-11-7-22(8-12-40)41-13-4-20-17-46-18-25(20)37-29(41)43/h14-15,17-18,21-22,26,36H,4-13,16H2,1-3H3,(H,37,43)/t26-/m1/s1. The van der Waals surface area contributed by atoms with E-state index in [4.69, 9.17) is 16.3 Å². The van der Waals surface area contributed by atoms with Gasteiger partial charge in [0.2, 0.25) is 0 Å². The Morgan fingerprint density at radius 3 is 2.39 bits per heavy atom. The molecule has 10 nitrogen and oxygen atoms in total. The number of urea groups is 1. The highest BCUT2D eigenvalue weighted by Gasteiger charge is 2.38. The summed E-state index contributed by atoms with van der Waals surface area (Å²) in [6, 6.07) is 2.38. The van der Waals surface area contributed by atoms with Crippen LogP contribution in [-0.2, 0) is 28.5 Å². The Kier molecular flexibility index (Phi) is 10.6. The van der Waals surface area contributed by atoms with Gasteiger partial charge in [0.15, 0.2) is 6.10 Å². The van der Waals surface area contributed by atoms with Crippen molar-refractivity contribution < 1.29 is 32.3 Å². The van der Waals surface area contributed by atoms with Gasteiger partial charge in [-0.05, 0) is 74.8 Å². The number of piperidine rings is 2. The van der Waals surface area contributed by atoms with Crippen LogP contribution in [-0.4, -0.2) is 110 Å². The molecule has 1 aromatic carbocycles. The molecule has 1 aromatic heterocycles. The van der Waals surface area contributed by atoms with Crippen molar-refractivity contribution in [1.29, 1.82) is 0 Å². The Morgan fingerprint density at radius 2 is 1.76 bits per heavy atom. The average Bonchev–Trinajstić information content (AvgIpc) is 3.39. The molecule has 0 radical (unpaired) electrons. The number of halogens is 4. The normalized spacial score (nSPS) is 19.0. The van der Waals surface area contributed by atoms with Crippen LogP contribution in [0.25, 0.3) is 0 Å². The molecule has 2 saturated heterocycles. The number of rotatable bonds is 7. The van der Waals surface area contributed by atoms with Gasteiger partial charge in [-0.1, -0.05) is 11.6 Å². The first-order valence-corrected chi connectivity index (χ1v) is 16.8. The van der Waals surface area contributed by atoms with Crippen LogP contribution >= 0.6 is 22.9 Å². The fraction of sp³-hybridized carbons (Fsp3) is 0.581. The number of thiophene rings is 1. The van der Waals surface area contributed by atoms with E-state index in [1.54, 1.807) is 16.2 Å². The van der Waals surface area contributed by atoms with Crippen molar-refractivity contribution in [2.45, 2.75) is 62.9 Å². The smallest absolute Gasteiger partial charge is 0.418 e. The molecule has 15 heteroatoms. The molecule has 2 fully saturated rings. The lowest BCUT2D eigenvalue weighted by atomic mass is 10.00. The van der Waals surface area contributed by atoms with Crippen LogP contribution in [0, 0.1) is 0 Å². The second-order valence-electron chi connectivity index (χ2n) is 12.2. The van der Waals surface area contributed by atoms with Crippen molar-refractivity contribution in [2.75, 3.05) is 64.5 Å². The monoisotopic (exact) mass is 684 g/mol. The number of ether oxygens (including phenoxy) is 1. The van der Waals surface area contributed by atoms with Crippen LogP contribution in [0.1, 0.15) is 42.4 Å². The summed E-state index contributed by atoms with van der Waals surface area (Å²) in [5.74, 6) is -0.448. The molecule has 0 spiro atoms. The van der Waals surface area contributed by atoms with E-state index in [1.165, 1.54) is 18.0 Å². The highest BCUT2D eigenvalue weighted by molar-refractivity contribution is 7.08. The van der Waals surface area contributed by atoms with Crippen molar-refractivity contribution in [3.05, 3.63) is 44.6 Å². The van der Waals surface area contributed by atoms with E-state index in [0.717, 1.165) is 36.6 Å². The highest BCUT2D eigenvalue weighted by atomic mass is 35.5. The summed E-state index contributed by atoms with van der Waals surface area (Å²) in [6.07, 6.45) is -3.75. The van der Waals surface area contributed by atoms with Crippen LogP contribution in [0.3, 0.4) is 0 Å². The van der Waals surface area contributed by atoms with Crippen molar-refractivity contribution in [3.8, 4) is 0 Å². The lowest BCUT2D eigenvalue weighted by molar-refractivity contribution is -0.142. The molecule has 2 aromatic rings. The number of amides is 4. The summed E-state index contributed by atoms with van der Waals surface area (Å²) in [5.41, 5.74) is 0.846. The molecule has 4 heterocycles. The molecule has 5 rings (SSSR count). The maximum Gasteiger partial charge on any atom is 0.418 e. The van der Waals surface area contributed by atoms with Gasteiger partial charge in [0, 0.05) is 63.7 Å². The number of nitrogens with one attached hydrogen (secondary N) is 2. The zero-order chi connectivity index (χ0) is 33.2.